The van der Waals surface area contributed by atoms with Crippen LogP contribution in [0.2, 0.25) is 0 Å². The molecular formula is C24H37N3O4. The quantitative estimate of drug-likeness (QED) is 0.455. The molecule has 4 atom stereocenters. The average molecular weight is 432 g/mol. The Balaban J connectivity index is 1.99. The number of nitrogens with one attached hydrogen (secondary N) is 3. The minimum atomic E-state index is -0.707. The van der Waals surface area contributed by atoms with Crippen LogP contribution in [0.4, 0.5) is 0 Å². The van der Waals surface area contributed by atoms with Crippen molar-refractivity contribution in [1.29, 1.82) is 0 Å². The van der Waals surface area contributed by atoms with Crippen molar-refractivity contribution in [1.82, 2.24) is 16.0 Å². The summed E-state index contributed by atoms with van der Waals surface area (Å²) in [6.07, 6.45) is 1.83. The molecule has 7 heteroatoms. The van der Waals surface area contributed by atoms with E-state index in [1.807, 2.05) is 58.0 Å². The molecule has 0 bridgehead atoms. The van der Waals surface area contributed by atoms with E-state index in [2.05, 4.69) is 16.0 Å². The van der Waals surface area contributed by atoms with Gasteiger partial charge in [-0.05, 0) is 36.2 Å². The van der Waals surface area contributed by atoms with Gasteiger partial charge in [0.1, 0.15) is 6.04 Å². The maximum Gasteiger partial charge on any atom is 0.242 e. The van der Waals surface area contributed by atoms with Gasteiger partial charge in [-0.15, -0.1) is 0 Å². The molecule has 2 rings (SSSR count). The van der Waals surface area contributed by atoms with E-state index < -0.39 is 12.1 Å². The van der Waals surface area contributed by atoms with Gasteiger partial charge >= 0.3 is 0 Å². The lowest BCUT2D eigenvalue weighted by atomic mass is 9.87. The Morgan fingerprint density at radius 3 is 2.42 bits per heavy atom. The summed E-state index contributed by atoms with van der Waals surface area (Å²) in [6.45, 7) is 8.39. The fourth-order valence-corrected chi connectivity index (χ4v) is 3.95. The number of benzene rings is 1. The van der Waals surface area contributed by atoms with Gasteiger partial charge in [0, 0.05) is 18.9 Å². The Labute approximate surface area is 185 Å². The van der Waals surface area contributed by atoms with E-state index in [9.17, 15) is 19.5 Å². The molecule has 4 N–H and O–H groups in total. The zero-order valence-corrected chi connectivity index (χ0v) is 19.1. The standard InChI is InChI=1S/C24H37N3O4/c1-16(17-8-6-5-7-9-17)12-21(29)27-20(14-24(2,3)4)23(31)26-19(15-28)13-18-10-11-25-22(18)30/h5-9,16,18-20,28H,10-15H2,1-4H3,(H,25,30)(H,26,31)(H,27,29)/t16-,18-,19-,20-/m0/s1. The van der Waals surface area contributed by atoms with Crippen LogP contribution in [-0.2, 0) is 14.4 Å². The summed E-state index contributed by atoms with van der Waals surface area (Å²) in [5.41, 5.74) is 0.894. The van der Waals surface area contributed by atoms with Crippen LogP contribution in [0, 0.1) is 11.3 Å². The highest BCUT2D eigenvalue weighted by molar-refractivity contribution is 5.88. The molecule has 1 saturated heterocycles. The summed E-state index contributed by atoms with van der Waals surface area (Å²) in [6, 6.07) is 8.57. The van der Waals surface area contributed by atoms with Gasteiger partial charge in [0.15, 0.2) is 0 Å². The lowest BCUT2D eigenvalue weighted by Gasteiger charge is -2.28. The second-order valence-corrected chi connectivity index (χ2v) is 9.80. The van der Waals surface area contributed by atoms with Crippen LogP contribution in [0.25, 0.3) is 0 Å². The van der Waals surface area contributed by atoms with E-state index in [-0.39, 0.29) is 48.0 Å². The summed E-state index contributed by atoms with van der Waals surface area (Å²) in [4.78, 5) is 37.5. The number of rotatable bonds is 10. The van der Waals surface area contributed by atoms with E-state index in [4.69, 9.17) is 0 Å². The molecule has 0 spiro atoms. The highest BCUT2D eigenvalue weighted by Gasteiger charge is 2.31. The van der Waals surface area contributed by atoms with Gasteiger partial charge in [-0.2, -0.15) is 0 Å². The van der Waals surface area contributed by atoms with Crippen LogP contribution in [0.1, 0.15) is 64.9 Å². The minimum absolute atomic E-state index is 0.0330. The van der Waals surface area contributed by atoms with Gasteiger partial charge in [0.2, 0.25) is 17.7 Å². The van der Waals surface area contributed by atoms with Crippen molar-refractivity contribution in [2.45, 2.75) is 71.4 Å². The van der Waals surface area contributed by atoms with Crippen molar-refractivity contribution in [2.24, 2.45) is 11.3 Å². The van der Waals surface area contributed by atoms with Crippen LogP contribution < -0.4 is 16.0 Å². The molecule has 3 amide bonds. The summed E-state index contributed by atoms with van der Waals surface area (Å²) in [5.74, 6) is -0.725. The summed E-state index contributed by atoms with van der Waals surface area (Å²) < 4.78 is 0. The van der Waals surface area contributed by atoms with Gasteiger partial charge in [-0.25, -0.2) is 0 Å². The first-order chi connectivity index (χ1) is 14.6. The Morgan fingerprint density at radius 1 is 1.19 bits per heavy atom. The number of aliphatic hydroxyl groups excluding tert-OH is 1. The van der Waals surface area contributed by atoms with Crippen LogP contribution in [-0.4, -0.2) is 48.1 Å². The monoisotopic (exact) mass is 431 g/mol. The Kier molecular flexibility index (Phi) is 9.04. The normalized spacial score (nSPS) is 19.3. The molecule has 0 aliphatic carbocycles. The first-order valence-electron chi connectivity index (χ1n) is 11.1. The van der Waals surface area contributed by atoms with E-state index in [1.165, 1.54) is 0 Å². The molecule has 1 aliphatic rings. The molecule has 0 unspecified atom stereocenters. The van der Waals surface area contributed by atoms with Crippen LogP contribution in [0.15, 0.2) is 30.3 Å². The number of carbonyl (C=O) groups is 3. The SMILES string of the molecule is C[C@@H](CC(=O)N[C@@H](CC(C)(C)C)C(=O)N[C@H](CO)C[C@@H]1CCNC1=O)c1ccccc1. The van der Waals surface area contributed by atoms with Crippen molar-refractivity contribution in [3.8, 4) is 0 Å². The second-order valence-electron chi connectivity index (χ2n) is 9.80. The van der Waals surface area contributed by atoms with Crippen molar-refractivity contribution in [3.05, 3.63) is 35.9 Å². The molecule has 1 aliphatic heterocycles. The Morgan fingerprint density at radius 2 is 1.87 bits per heavy atom. The van der Waals surface area contributed by atoms with Gasteiger partial charge in [-0.1, -0.05) is 58.0 Å². The zero-order chi connectivity index (χ0) is 23.0. The number of amides is 3. The van der Waals surface area contributed by atoms with Gasteiger partial charge < -0.3 is 21.1 Å². The average Bonchev–Trinajstić information content (AvgIpc) is 3.10. The van der Waals surface area contributed by atoms with E-state index >= 15 is 0 Å². The number of hydrogen-bond donors (Lipinski definition) is 4. The number of carbonyl (C=O) groups excluding carboxylic acids is 3. The zero-order valence-electron chi connectivity index (χ0n) is 19.1. The Bertz CT molecular complexity index is 745. The van der Waals surface area contributed by atoms with E-state index in [1.54, 1.807) is 0 Å². The lowest BCUT2D eigenvalue weighted by molar-refractivity contribution is -0.130. The smallest absolute Gasteiger partial charge is 0.242 e. The lowest BCUT2D eigenvalue weighted by Crippen LogP contribution is -2.52. The third-order valence-electron chi connectivity index (χ3n) is 5.63. The molecular weight excluding hydrogens is 394 g/mol. The fraction of sp³-hybridized carbons (Fsp3) is 0.625. The second kappa shape index (κ2) is 11.3. The fourth-order valence-electron chi connectivity index (χ4n) is 3.95. The van der Waals surface area contributed by atoms with E-state index in [0.717, 1.165) is 5.56 Å². The van der Waals surface area contributed by atoms with Crippen LogP contribution in [0.3, 0.4) is 0 Å². The molecule has 31 heavy (non-hydrogen) atoms. The van der Waals surface area contributed by atoms with Gasteiger partial charge in [-0.3, -0.25) is 14.4 Å². The molecule has 172 valence electrons. The third kappa shape index (κ3) is 8.32. The van der Waals surface area contributed by atoms with Crippen molar-refractivity contribution in [2.75, 3.05) is 13.2 Å². The highest BCUT2D eigenvalue weighted by atomic mass is 16.3. The van der Waals surface area contributed by atoms with Gasteiger partial charge in [0.25, 0.3) is 0 Å². The molecule has 0 saturated carbocycles. The molecule has 0 radical (unpaired) electrons. The summed E-state index contributed by atoms with van der Waals surface area (Å²) in [5, 5.41) is 18.2. The van der Waals surface area contributed by atoms with Gasteiger partial charge in [0.05, 0.1) is 12.6 Å². The molecule has 7 nitrogen and oxygen atoms in total. The first-order valence-corrected chi connectivity index (χ1v) is 11.1. The number of aliphatic hydroxyl groups is 1. The highest BCUT2D eigenvalue weighted by Crippen LogP contribution is 2.23. The topological polar surface area (TPSA) is 108 Å². The summed E-state index contributed by atoms with van der Waals surface area (Å²) >= 11 is 0. The first kappa shape index (κ1) is 24.9. The van der Waals surface area contributed by atoms with E-state index in [0.29, 0.717) is 25.8 Å². The number of hydrogen-bond acceptors (Lipinski definition) is 4. The predicted octanol–water partition coefficient (Wildman–Crippen LogP) is 2.10. The molecule has 0 aromatic heterocycles. The maximum atomic E-state index is 13.0. The van der Waals surface area contributed by atoms with Crippen molar-refractivity contribution in [3.63, 3.8) is 0 Å². The summed E-state index contributed by atoms with van der Waals surface area (Å²) in [7, 11) is 0. The van der Waals surface area contributed by atoms with Crippen molar-refractivity contribution >= 4 is 17.7 Å². The predicted molar refractivity (Wildman–Crippen MR) is 120 cm³/mol. The largest absolute Gasteiger partial charge is 0.394 e. The molecule has 1 heterocycles. The van der Waals surface area contributed by atoms with Crippen LogP contribution in [0.5, 0.6) is 0 Å². The van der Waals surface area contributed by atoms with Crippen molar-refractivity contribution < 1.29 is 19.5 Å². The third-order valence-corrected chi connectivity index (χ3v) is 5.63. The molecule has 1 fully saturated rings. The Hall–Kier alpha value is -2.41. The molecule has 1 aromatic rings. The minimum Gasteiger partial charge on any atom is -0.394 e. The van der Waals surface area contributed by atoms with Crippen LogP contribution >= 0.6 is 0 Å². The maximum absolute atomic E-state index is 13.0. The molecule has 1 aromatic carbocycles.